The lowest BCUT2D eigenvalue weighted by Gasteiger charge is -2.28. The average Bonchev–Trinajstić information content (AvgIpc) is 2.94. The first-order valence-electron chi connectivity index (χ1n) is 8.75. The van der Waals surface area contributed by atoms with Gasteiger partial charge in [0, 0.05) is 43.6 Å². The SMILES string of the molecule is CC1CN(C(=O)C(=O)Nc2ccc(N3CCCCC3)cc2)CC1N. The number of piperidine rings is 1. The van der Waals surface area contributed by atoms with Crippen molar-refractivity contribution in [3.63, 3.8) is 0 Å². The molecule has 1 aromatic rings. The lowest BCUT2D eigenvalue weighted by molar-refractivity contribution is -0.142. The summed E-state index contributed by atoms with van der Waals surface area (Å²) in [6.07, 6.45) is 3.75. The van der Waals surface area contributed by atoms with Crippen LogP contribution in [0, 0.1) is 5.92 Å². The summed E-state index contributed by atoms with van der Waals surface area (Å²) in [5, 5.41) is 2.69. The summed E-state index contributed by atoms with van der Waals surface area (Å²) in [7, 11) is 0. The van der Waals surface area contributed by atoms with E-state index in [4.69, 9.17) is 5.73 Å². The number of rotatable bonds is 2. The Morgan fingerprint density at radius 2 is 1.75 bits per heavy atom. The van der Waals surface area contributed by atoms with Crippen LogP contribution in [0.4, 0.5) is 11.4 Å². The highest BCUT2D eigenvalue weighted by Gasteiger charge is 2.32. The van der Waals surface area contributed by atoms with Crippen LogP contribution in [0.2, 0.25) is 0 Å². The van der Waals surface area contributed by atoms with E-state index in [1.54, 1.807) is 0 Å². The number of nitrogens with one attached hydrogen (secondary N) is 1. The Kier molecular flexibility index (Phi) is 5.04. The van der Waals surface area contributed by atoms with Crippen molar-refractivity contribution in [2.45, 2.75) is 32.2 Å². The Morgan fingerprint density at radius 3 is 2.33 bits per heavy atom. The third-order valence-electron chi connectivity index (χ3n) is 5.00. The lowest BCUT2D eigenvalue weighted by Crippen LogP contribution is -2.39. The minimum atomic E-state index is -0.595. The lowest BCUT2D eigenvalue weighted by atomic mass is 10.1. The predicted octanol–water partition coefficient (Wildman–Crippen LogP) is 1.42. The molecule has 130 valence electrons. The molecule has 1 aromatic carbocycles. The number of anilines is 2. The number of nitrogens with two attached hydrogens (primary N) is 1. The van der Waals surface area contributed by atoms with E-state index >= 15 is 0 Å². The van der Waals surface area contributed by atoms with Gasteiger partial charge in [0.25, 0.3) is 0 Å². The fourth-order valence-electron chi connectivity index (χ4n) is 3.39. The van der Waals surface area contributed by atoms with Crippen LogP contribution >= 0.6 is 0 Å². The normalized spacial score (nSPS) is 24.1. The van der Waals surface area contributed by atoms with Crippen molar-refractivity contribution in [3.8, 4) is 0 Å². The van der Waals surface area contributed by atoms with E-state index in [1.165, 1.54) is 29.8 Å². The molecule has 2 heterocycles. The summed E-state index contributed by atoms with van der Waals surface area (Å²) < 4.78 is 0. The van der Waals surface area contributed by atoms with Crippen molar-refractivity contribution < 1.29 is 9.59 Å². The second-order valence-electron chi connectivity index (χ2n) is 6.90. The monoisotopic (exact) mass is 330 g/mol. The summed E-state index contributed by atoms with van der Waals surface area (Å²) in [6.45, 7) is 5.15. The van der Waals surface area contributed by atoms with Crippen molar-refractivity contribution in [1.29, 1.82) is 0 Å². The topological polar surface area (TPSA) is 78.7 Å². The van der Waals surface area contributed by atoms with Gasteiger partial charge in [0.05, 0.1) is 0 Å². The number of hydrogen-bond donors (Lipinski definition) is 2. The summed E-state index contributed by atoms with van der Waals surface area (Å²) in [6, 6.07) is 7.66. The van der Waals surface area contributed by atoms with Crippen molar-refractivity contribution in [3.05, 3.63) is 24.3 Å². The molecule has 0 aromatic heterocycles. The van der Waals surface area contributed by atoms with Crippen LogP contribution in [0.15, 0.2) is 24.3 Å². The number of benzene rings is 1. The van der Waals surface area contributed by atoms with E-state index in [-0.39, 0.29) is 12.0 Å². The third kappa shape index (κ3) is 3.70. The van der Waals surface area contributed by atoms with Gasteiger partial charge >= 0.3 is 11.8 Å². The summed E-state index contributed by atoms with van der Waals surface area (Å²) in [5.74, 6) is -0.873. The molecular formula is C18H26N4O2. The van der Waals surface area contributed by atoms with Crippen LogP contribution in [-0.4, -0.2) is 48.9 Å². The molecule has 0 spiro atoms. The van der Waals surface area contributed by atoms with Gasteiger partial charge in [-0.1, -0.05) is 6.92 Å². The molecule has 0 aliphatic carbocycles. The highest BCUT2D eigenvalue weighted by molar-refractivity contribution is 6.39. The van der Waals surface area contributed by atoms with E-state index in [0.717, 1.165) is 13.1 Å². The Labute approximate surface area is 143 Å². The van der Waals surface area contributed by atoms with Gasteiger partial charge in [-0.3, -0.25) is 9.59 Å². The molecule has 2 saturated heterocycles. The van der Waals surface area contributed by atoms with Crippen LogP contribution in [-0.2, 0) is 9.59 Å². The van der Waals surface area contributed by atoms with Gasteiger partial charge in [-0.05, 0) is 49.4 Å². The summed E-state index contributed by atoms with van der Waals surface area (Å²) in [4.78, 5) is 28.2. The number of amides is 2. The Balaban J connectivity index is 1.57. The molecule has 6 heteroatoms. The Hall–Kier alpha value is -2.08. The van der Waals surface area contributed by atoms with Crippen molar-refractivity contribution in [2.75, 3.05) is 36.4 Å². The molecule has 6 nitrogen and oxygen atoms in total. The fraction of sp³-hybridized carbons (Fsp3) is 0.556. The van der Waals surface area contributed by atoms with Crippen molar-refractivity contribution in [1.82, 2.24) is 4.90 Å². The molecule has 0 bridgehead atoms. The molecule has 0 saturated carbocycles. The Bertz CT molecular complexity index is 586. The van der Waals surface area contributed by atoms with Crippen LogP contribution in [0.25, 0.3) is 0 Å². The maximum absolute atomic E-state index is 12.2. The zero-order valence-electron chi connectivity index (χ0n) is 14.2. The molecule has 0 radical (unpaired) electrons. The molecule has 24 heavy (non-hydrogen) atoms. The third-order valence-corrected chi connectivity index (χ3v) is 5.00. The van der Waals surface area contributed by atoms with Crippen LogP contribution in [0.3, 0.4) is 0 Å². The van der Waals surface area contributed by atoms with Crippen LogP contribution in [0.5, 0.6) is 0 Å². The minimum Gasteiger partial charge on any atom is -0.372 e. The van der Waals surface area contributed by atoms with Gasteiger partial charge < -0.3 is 20.9 Å². The smallest absolute Gasteiger partial charge is 0.313 e. The zero-order valence-corrected chi connectivity index (χ0v) is 14.2. The molecule has 3 rings (SSSR count). The van der Waals surface area contributed by atoms with Crippen LogP contribution < -0.4 is 16.0 Å². The number of likely N-dealkylation sites (tertiary alicyclic amines) is 1. The second-order valence-corrected chi connectivity index (χ2v) is 6.90. The van der Waals surface area contributed by atoms with Gasteiger partial charge in [-0.25, -0.2) is 0 Å². The second kappa shape index (κ2) is 7.21. The molecular weight excluding hydrogens is 304 g/mol. The predicted molar refractivity (Wildman–Crippen MR) is 94.9 cm³/mol. The number of carbonyl (C=O) groups excluding carboxylic acids is 2. The maximum Gasteiger partial charge on any atom is 0.313 e. The van der Waals surface area contributed by atoms with E-state index in [9.17, 15) is 9.59 Å². The number of hydrogen-bond acceptors (Lipinski definition) is 4. The van der Waals surface area contributed by atoms with Crippen LogP contribution in [0.1, 0.15) is 26.2 Å². The van der Waals surface area contributed by atoms with E-state index in [0.29, 0.717) is 18.8 Å². The van der Waals surface area contributed by atoms with E-state index in [1.807, 2.05) is 31.2 Å². The summed E-state index contributed by atoms with van der Waals surface area (Å²) >= 11 is 0. The van der Waals surface area contributed by atoms with Gasteiger partial charge in [0.15, 0.2) is 0 Å². The highest BCUT2D eigenvalue weighted by Crippen LogP contribution is 2.22. The molecule has 2 aliphatic heterocycles. The maximum atomic E-state index is 12.2. The molecule has 2 atom stereocenters. The first-order valence-corrected chi connectivity index (χ1v) is 8.75. The fourth-order valence-corrected chi connectivity index (χ4v) is 3.39. The molecule has 2 aliphatic rings. The highest BCUT2D eigenvalue weighted by atomic mass is 16.2. The van der Waals surface area contributed by atoms with Crippen molar-refractivity contribution in [2.24, 2.45) is 11.7 Å². The molecule has 2 amide bonds. The Morgan fingerprint density at radius 1 is 1.08 bits per heavy atom. The standard InChI is InChI=1S/C18H26N4O2/c1-13-11-22(12-16(13)19)18(24)17(23)20-14-5-7-15(8-6-14)21-9-3-2-4-10-21/h5-8,13,16H,2-4,9-12,19H2,1H3,(H,20,23). The largest absolute Gasteiger partial charge is 0.372 e. The van der Waals surface area contributed by atoms with Gasteiger partial charge in [-0.2, -0.15) is 0 Å². The quantitative estimate of drug-likeness (QED) is 0.804. The zero-order chi connectivity index (χ0) is 17.1. The van der Waals surface area contributed by atoms with Gasteiger partial charge in [-0.15, -0.1) is 0 Å². The molecule has 3 N–H and O–H groups in total. The minimum absolute atomic E-state index is 0.0504. The number of carbonyl (C=O) groups is 2. The van der Waals surface area contributed by atoms with Gasteiger partial charge in [0.1, 0.15) is 0 Å². The van der Waals surface area contributed by atoms with E-state index in [2.05, 4.69) is 10.2 Å². The number of nitrogens with zero attached hydrogens (tertiary/aromatic N) is 2. The van der Waals surface area contributed by atoms with Crippen molar-refractivity contribution >= 4 is 23.2 Å². The summed E-state index contributed by atoms with van der Waals surface area (Å²) in [5.41, 5.74) is 7.73. The van der Waals surface area contributed by atoms with Gasteiger partial charge in [0.2, 0.25) is 0 Å². The first-order chi connectivity index (χ1) is 11.5. The molecule has 2 fully saturated rings. The molecule has 2 unspecified atom stereocenters. The first kappa shape index (κ1) is 16.8. The average molecular weight is 330 g/mol. The van der Waals surface area contributed by atoms with E-state index < -0.39 is 11.8 Å².